The standard InChI is InChI=1S/C24H23NO4/c1-16-12-13-17(2)21(14-16)25-23(26)22(18-8-5-4-6-9-18)29-24(27)19-10-7-11-20(15-19)28-3/h4-15,22H,1-3H3,(H,25,26). The lowest BCUT2D eigenvalue weighted by molar-refractivity contribution is -0.125. The van der Waals surface area contributed by atoms with Crippen molar-refractivity contribution in [2.45, 2.75) is 20.0 Å². The van der Waals surface area contributed by atoms with Gasteiger partial charge in [-0.2, -0.15) is 0 Å². The summed E-state index contributed by atoms with van der Waals surface area (Å²) in [6, 6.07) is 21.4. The van der Waals surface area contributed by atoms with E-state index >= 15 is 0 Å². The average molecular weight is 389 g/mol. The summed E-state index contributed by atoms with van der Waals surface area (Å²) in [5.41, 5.74) is 3.54. The van der Waals surface area contributed by atoms with E-state index in [-0.39, 0.29) is 0 Å². The van der Waals surface area contributed by atoms with E-state index in [9.17, 15) is 9.59 Å². The summed E-state index contributed by atoms with van der Waals surface area (Å²) in [5.74, 6) is -0.481. The van der Waals surface area contributed by atoms with Gasteiger partial charge in [0, 0.05) is 11.3 Å². The molecule has 1 atom stereocenters. The first-order chi connectivity index (χ1) is 14.0. The Bertz CT molecular complexity index is 1010. The minimum absolute atomic E-state index is 0.310. The van der Waals surface area contributed by atoms with Gasteiger partial charge in [0.05, 0.1) is 12.7 Å². The van der Waals surface area contributed by atoms with Crippen LogP contribution in [0.1, 0.15) is 33.2 Å². The van der Waals surface area contributed by atoms with Crippen LogP contribution >= 0.6 is 0 Å². The number of methoxy groups -OCH3 is 1. The Kier molecular flexibility index (Phi) is 6.29. The van der Waals surface area contributed by atoms with Crippen molar-refractivity contribution in [1.29, 1.82) is 0 Å². The topological polar surface area (TPSA) is 64.6 Å². The summed E-state index contributed by atoms with van der Waals surface area (Å²) in [6.45, 7) is 3.86. The molecule has 3 aromatic carbocycles. The monoisotopic (exact) mass is 389 g/mol. The number of anilines is 1. The highest BCUT2D eigenvalue weighted by molar-refractivity contribution is 5.98. The van der Waals surface area contributed by atoms with E-state index < -0.39 is 18.0 Å². The molecule has 1 amide bonds. The van der Waals surface area contributed by atoms with Crippen LogP contribution < -0.4 is 10.1 Å². The number of esters is 1. The summed E-state index contributed by atoms with van der Waals surface area (Å²) in [4.78, 5) is 25.8. The van der Waals surface area contributed by atoms with Crippen LogP contribution in [0, 0.1) is 13.8 Å². The third kappa shape index (κ3) is 5.02. The number of hydrogen-bond donors (Lipinski definition) is 1. The lowest BCUT2D eigenvalue weighted by atomic mass is 10.1. The normalized spacial score (nSPS) is 11.4. The maximum absolute atomic E-state index is 13.1. The molecule has 0 spiro atoms. The van der Waals surface area contributed by atoms with Gasteiger partial charge in [-0.25, -0.2) is 4.79 Å². The van der Waals surface area contributed by atoms with Gasteiger partial charge in [0.15, 0.2) is 0 Å². The Morgan fingerprint density at radius 3 is 2.38 bits per heavy atom. The van der Waals surface area contributed by atoms with Gasteiger partial charge < -0.3 is 14.8 Å². The van der Waals surface area contributed by atoms with Crippen molar-refractivity contribution in [3.05, 3.63) is 95.1 Å². The summed E-state index contributed by atoms with van der Waals surface area (Å²) in [5, 5.41) is 2.89. The summed E-state index contributed by atoms with van der Waals surface area (Å²) < 4.78 is 10.8. The predicted molar refractivity (Wildman–Crippen MR) is 112 cm³/mol. The number of amides is 1. The molecule has 5 nitrogen and oxygen atoms in total. The van der Waals surface area contributed by atoms with Gasteiger partial charge in [-0.1, -0.05) is 48.5 Å². The Hall–Kier alpha value is -3.60. The number of nitrogens with one attached hydrogen (secondary N) is 1. The molecule has 0 bridgehead atoms. The largest absolute Gasteiger partial charge is 0.497 e. The molecule has 0 heterocycles. The van der Waals surface area contributed by atoms with E-state index in [1.54, 1.807) is 48.5 Å². The molecule has 0 aliphatic carbocycles. The van der Waals surface area contributed by atoms with Gasteiger partial charge in [-0.05, 0) is 49.2 Å². The summed E-state index contributed by atoms with van der Waals surface area (Å²) in [7, 11) is 1.52. The first-order valence-corrected chi connectivity index (χ1v) is 9.26. The lowest BCUT2D eigenvalue weighted by Gasteiger charge is -2.19. The summed E-state index contributed by atoms with van der Waals surface area (Å²) in [6.07, 6.45) is -1.09. The Labute approximate surface area is 170 Å². The number of rotatable bonds is 6. The second-order valence-corrected chi connectivity index (χ2v) is 6.74. The third-order valence-corrected chi connectivity index (χ3v) is 4.52. The molecule has 29 heavy (non-hydrogen) atoms. The molecule has 0 radical (unpaired) electrons. The molecule has 0 saturated carbocycles. The number of carbonyl (C=O) groups excluding carboxylic acids is 2. The maximum atomic E-state index is 13.1. The molecular weight excluding hydrogens is 366 g/mol. The van der Waals surface area contributed by atoms with E-state index in [0.717, 1.165) is 11.1 Å². The van der Waals surface area contributed by atoms with Crippen LogP contribution in [0.5, 0.6) is 5.75 Å². The Morgan fingerprint density at radius 1 is 0.897 bits per heavy atom. The molecule has 148 valence electrons. The molecular formula is C24H23NO4. The fourth-order valence-corrected chi connectivity index (χ4v) is 2.89. The zero-order chi connectivity index (χ0) is 20.8. The highest BCUT2D eigenvalue weighted by Crippen LogP contribution is 2.24. The SMILES string of the molecule is COc1cccc(C(=O)OC(C(=O)Nc2cc(C)ccc2C)c2ccccc2)c1. The lowest BCUT2D eigenvalue weighted by Crippen LogP contribution is -2.26. The minimum Gasteiger partial charge on any atom is -0.497 e. The van der Waals surface area contributed by atoms with Crippen LogP contribution in [0.25, 0.3) is 0 Å². The van der Waals surface area contributed by atoms with Crippen LogP contribution in [-0.2, 0) is 9.53 Å². The molecule has 0 fully saturated rings. The third-order valence-electron chi connectivity index (χ3n) is 4.52. The van der Waals surface area contributed by atoms with Crippen LogP contribution in [-0.4, -0.2) is 19.0 Å². The van der Waals surface area contributed by atoms with Crippen molar-refractivity contribution in [3.63, 3.8) is 0 Å². The van der Waals surface area contributed by atoms with Gasteiger partial charge in [-0.3, -0.25) is 4.79 Å². The van der Waals surface area contributed by atoms with Crippen molar-refractivity contribution >= 4 is 17.6 Å². The molecule has 0 saturated heterocycles. The van der Waals surface area contributed by atoms with Crippen LogP contribution in [0.2, 0.25) is 0 Å². The van der Waals surface area contributed by atoms with Gasteiger partial charge in [0.1, 0.15) is 5.75 Å². The zero-order valence-corrected chi connectivity index (χ0v) is 16.6. The van der Waals surface area contributed by atoms with Crippen molar-refractivity contribution in [3.8, 4) is 5.75 Å². The second kappa shape index (κ2) is 9.06. The molecule has 5 heteroatoms. The number of hydrogen-bond acceptors (Lipinski definition) is 4. The Morgan fingerprint density at radius 2 is 1.66 bits per heavy atom. The van der Waals surface area contributed by atoms with Crippen molar-refractivity contribution in [2.24, 2.45) is 0 Å². The molecule has 1 unspecified atom stereocenters. The summed E-state index contributed by atoms with van der Waals surface area (Å²) >= 11 is 0. The smallest absolute Gasteiger partial charge is 0.339 e. The highest BCUT2D eigenvalue weighted by Gasteiger charge is 2.26. The number of benzene rings is 3. The van der Waals surface area contributed by atoms with Crippen molar-refractivity contribution < 1.29 is 19.1 Å². The first kappa shape index (κ1) is 20.1. The highest BCUT2D eigenvalue weighted by atomic mass is 16.5. The predicted octanol–water partition coefficient (Wildman–Crippen LogP) is 4.85. The molecule has 0 aliphatic heterocycles. The number of carbonyl (C=O) groups is 2. The van der Waals surface area contributed by atoms with Gasteiger partial charge in [0.2, 0.25) is 6.10 Å². The molecule has 3 aromatic rings. The van der Waals surface area contributed by atoms with E-state index in [4.69, 9.17) is 9.47 Å². The zero-order valence-electron chi connectivity index (χ0n) is 16.6. The van der Waals surface area contributed by atoms with Crippen LogP contribution in [0.15, 0.2) is 72.8 Å². The molecule has 1 N–H and O–H groups in total. The van der Waals surface area contributed by atoms with Crippen molar-refractivity contribution in [2.75, 3.05) is 12.4 Å². The number of aryl methyl sites for hydroxylation is 2. The minimum atomic E-state index is -1.09. The second-order valence-electron chi connectivity index (χ2n) is 6.74. The van der Waals surface area contributed by atoms with Crippen LogP contribution in [0.3, 0.4) is 0 Å². The van der Waals surface area contributed by atoms with Crippen molar-refractivity contribution in [1.82, 2.24) is 0 Å². The fourth-order valence-electron chi connectivity index (χ4n) is 2.89. The Balaban J connectivity index is 1.87. The molecule has 0 aromatic heterocycles. The van der Waals surface area contributed by atoms with Crippen LogP contribution in [0.4, 0.5) is 5.69 Å². The molecule has 0 aliphatic rings. The van der Waals surface area contributed by atoms with Gasteiger partial charge in [0.25, 0.3) is 5.91 Å². The number of ether oxygens (including phenoxy) is 2. The van der Waals surface area contributed by atoms with Gasteiger partial charge in [-0.15, -0.1) is 0 Å². The fraction of sp³-hybridized carbons (Fsp3) is 0.167. The van der Waals surface area contributed by atoms with Gasteiger partial charge >= 0.3 is 5.97 Å². The van der Waals surface area contributed by atoms with E-state index in [0.29, 0.717) is 22.6 Å². The van der Waals surface area contributed by atoms with E-state index in [2.05, 4.69) is 5.32 Å². The first-order valence-electron chi connectivity index (χ1n) is 9.26. The quantitative estimate of drug-likeness (QED) is 0.612. The average Bonchev–Trinajstić information content (AvgIpc) is 2.75. The van der Waals surface area contributed by atoms with E-state index in [1.165, 1.54) is 7.11 Å². The van der Waals surface area contributed by atoms with E-state index in [1.807, 2.05) is 38.1 Å². The maximum Gasteiger partial charge on any atom is 0.339 e. The molecule has 3 rings (SSSR count).